The van der Waals surface area contributed by atoms with Gasteiger partial charge in [0.25, 0.3) is 10.0 Å². The predicted molar refractivity (Wildman–Crippen MR) is 164 cm³/mol. The van der Waals surface area contributed by atoms with Crippen LogP contribution >= 0.6 is 34.8 Å². The maximum Gasteiger partial charge on any atom is 0.264 e. The van der Waals surface area contributed by atoms with E-state index in [0.717, 1.165) is 30.0 Å². The van der Waals surface area contributed by atoms with Crippen LogP contribution in [0.2, 0.25) is 15.1 Å². The molecular weight excluding hydrogens is 605 g/mol. The highest BCUT2D eigenvalue weighted by molar-refractivity contribution is 7.92. The maximum atomic E-state index is 14.1. The number of rotatable bonds is 10. The molecule has 1 unspecified atom stereocenters. The minimum absolute atomic E-state index is 0.0138. The van der Waals surface area contributed by atoms with Crippen LogP contribution in [-0.4, -0.2) is 43.8 Å². The van der Waals surface area contributed by atoms with Crippen LogP contribution in [0.5, 0.6) is 0 Å². The fraction of sp³-hybridized carbons (Fsp3) is 0.333. The highest BCUT2D eigenvalue weighted by atomic mass is 35.5. The number of hydrogen-bond acceptors (Lipinski definition) is 4. The van der Waals surface area contributed by atoms with Gasteiger partial charge in [-0.15, -0.1) is 0 Å². The summed E-state index contributed by atoms with van der Waals surface area (Å²) in [7, 11) is -4.20. The van der Waals surface area contributed by atoms with Gasteiger partial charge in [0.2, 0.25) is 11.8 Å². The van der Waals surface area contributed by atoms with Gasteiger partial charge < -0.3 is 10.2 Å². The summed E-state index contributed by atoms with van der Waals surface area (Å²) in [4.78, 5) is 28.8. The highest BCUT2D eigenvalue weighted by Crippen LogP contribution is 2.32. The monoisotopic (exact) mass is 635 g/mol. The van der Waals surface area contributed by atoms with Crippen LogP contribution in [0.1, 0.15) is 43.7 Å². The van der Waals surface area contributed by atoms with Crippen molar-refractivity contribution in [2.45, 2.75) is 63.1 Å². The quantitative estimate of drug-likeness (QED) is 0.271. The van der Waals surface area contributed by atoms with Crippen LogP contribution in [0, 0.1) is 6.92 Å². The first-order chi connectivity index (χ1) is 19.5. The molecule has 3 aromatic carbocycles. The zero-order valence-corrected chi connectivity index (χ0v) is 25.9. The van der Waals surface area contributed by atoms with Gasteiger partial charge in [-0.05, 0) is 68.7 Å². The molecule has 0 bridgehead atoms. The van der Waals surface area contributed by atoms with Gasteiger partial charge in [-0.25, -0.2) is 8.42 Å². The fourth-order valence-corrected chi connectivity index (χ4v) is 7.11. The molecule has 1 fully saturated rings. The first-order valence-electron chi connectivity index (χ1n) is 13.4. The lowest BCUT2D eigenvalue weighted by atomic mass is 10.1. The van der Waals surface area contributed by atoms with Crippen molar-refractivity contribution in [3.05, 3.63) is 92.9 Å². The van der Waals surface area contributed by atoms with Crippen LogP contribution in [-0.2, 0) is 26.2 Å². The molecule has 1 saturated carbocycles. The first-order valence-corrected chi connectivity index (χ1v) is 15.9. The Hall–Kier alpha value is -2.78. The van der Waals surface area contributed by atoms with Crippen molar-refractivity contribution in [3.8, 4) is 0 Å². The van der Waals surface area contributed by atoms with Gasteiger partial charge >= 0.3 is 0 Å². The minimum atomic E-state index is -4.20. The Morgan fingerprint density at radius 2 is 1.49 bits per heavy atom. The van der Waals surface area contributed by atoms with Crippen LogP contribution in [0.15, 0.2) is 71.6 Å². The molecule has 0 spiro atoms. The molecular formula is C30H32Cl3N3O4S. The second-order valence-corrected chi connectivity index (χ2v) is 13.2. The summed E-state index contributed by atoms with van der Waals surface area (Å²) in [6, 6.07) is 16.8. The zero-order valence-electron chi connectivity index (χ0n) is 22.8. The van der Waals surface area contributed by atoms with E-state index in [1.165, 1.54) is 17.0 Å². The molecule has 0 heterocycles. The lowest BCUT2D eigenvalue weighted by Gasteiger charge is -2.33. The molecule has 11 heteroatoms. The molecule has 1 atom stereocenters. The molecule has 7 nitrogen and oxygen atoms in total. The van der Waals surface area contributed by atoms with E-state index in [1.807, 2.05) is 0 Å². The number of nitrogens with zero attached hydrogens (tertiary/aromatic N) is 2. The highest BCUT2D eigenvalue weighted by Gasteiger charge is 2.34. The molecule has 1 aliphatic rings. The molecule has 2 amide bonds. The SMILES string of the molecule is Cc1c(Cl)cccc1N(CC(=O)N(Cc1c(Cl)cccc1Cl)C(C)C(=O)NC1CCCC1)S(=O)(=O)c1ccccc1. The second-order valence-electron chi connectivity index (χ2n) is 10.1. The van der Waals surface area contributed by atoms with Crippen LogP contribution in [0.4, 0.5) is 5.69 Å². The molecule has 1 aliphatic carbocycles. The number of amides is 2. The summed E-state index contributed by atoms with van der Waals surface area (Å²) in [6.07, 6.45) is 3.81. The van der Waals surface area contributed by atoms with E-state index >= 15 is 0 Å². The van der Waals surface area contributed by atoms with Gasteiger partial charge in [0, 0.05) is 33.2 Å². The summed E-state index contributed by atoms with van der Waals surface area (Å²) in [5.41, 5.74) is 1.21. The first kappa shape index (κ1) is 31.2. The number of halogens is 3. The Bertz CT molecular complexity index is 1490. The molecule has 218 valence electrons. The lowest BCUT2D eigenvalue weighted by Crippen LogP contribution is -2.52. The number of hydrogen-bond donors (Lipinski definition) is 1. The Balaban J connectivity index is 1.74. The Kier molecular flexibility index (Phi) is 10.2. The normalized spacial score (nSPS) is 14.5. The Morgan fingerprint density at radius 3 is 2.12 bits per heavy atom. The number of anilines is 1. The van der Waals surface area contributed by atoms with Gasteiger partial charge in [-0.1, -0.05) is 78.0 Å². The van der Waals surface area contributed by atoms with Gasteiger partial charge in [0.15, 0.2) is 0 Å². The van der Waals surface area contributed by atoms with E-state index in [0.29, 0.717) is 26.2 Å². The molecule has 3 aromatic rings. The van der Waals surface area contributed by atoms with E-state index in [9.17, 15) is 18.0 Å². The number of benzene rings is 3. The van der Waals surface area contributed by atoms with Crippen molar-refractivity contribution < 1.29 is 18.0 Å². The van der Waals surface area contributed by atoms with Crippen molar-refractivity contribution >= 4 is 62.3 Å². The van der Waals surface area contributed by atoms with Gasteiger partial charge in [-0.3, -0.25) is 13.9 Å². The third kappa shape index (κ3) is 7.17. The fourth-order valence-electron chi connectivity index (χ4n) is 4.93. The molecule has 0 radical (unpaired) electrons. The van der Waals surface area contributed by atoms with E-state index in [1.54, 1.807) is 68.4 Å². The standard InChI is InChI=1S/C30H32Cl3N3O4S/c1-20-25(31)14-9-17-28(20)36(41(39,40)23-12-4-3-5-13-23)19-29(37)35(18-24-26(32)15-8-16-27(24)33)21(2)30(38)34-22-10-6-7-11-22/h3-5,8-9,12-17,21-22H,6-7,10-11,18-19H2,1-2H3,(H,34,38). The topological polar surface area (TPSA) is 86.8 Å². The summed E-state index contributed by atoms with van der Waals surface area (Å²) in [5, 5.41) is 4.06. The van der Waals surface area contributed by atoms with E-state index in [-0.39, 0.29) is 29.1 Å². The van der Waals surface area contributed by atoms with Crippen molar-refractivity contribution in [1.82, 2.24) is 10.2 Å². The van der Waals surface area contributed by atoms with E-state index < -0.39 is 28.5 Å². The maximum absolute atomic E-state index is 14.1. The smallest absolute Gasteiger partial charge is 0.264 e. The molecule has 0 aromatic heterocycles. The number of sulfonamides is 1. The van der Waals surface area contributed by atoms with Crippen molar-refractivity contribution in [3.63, 3.8) is 0 Å². The van der Waals surface area contributed by atoms with Crippen molar-refractivity contribution in [2.75, 3.05) is 10.8 Å². The minimum Gasteiger partial charge on any atom is -0.352 e. The Morgan fingerprint density at radius 1 is 0.902 bits per heavy atom. The van der Waals surface area contributed by atoms with E-state index in [2.05, 4.69) is 5.32 Å². The Labute approximate surface area is 256 Å². The molecule has 1 N–H and O–H groups in total. The van der Waals surface area contributed by atoms with Gasteiger partial charge in [0.05, 0.1) is 10.6 Å². The third-order valence-corrected chi connectivity index (χ3v) is 10.3. The number of carbonyl (C=O) groups is 2. The largest absolute Gasteiger partial charge is 0.352 e. The molecule has 41 heavy (non-hydrogen) atoms. The summed E-state index contributed by atoms with van der Waals surface area (Å²) in [6.45, 7) is 2.63. The van der Waals surface area contributed by atoms with Gasteiger partial charge in [0.1, 0.15) is 12.6 Å². The third-order valence-electron chi connectivity index (χ3n) is 7.38. The van der Waals surface area contributed by atoms with Crippen LogP contribution < -0.4 is 9.62 Å². The summed E-state index contributed by atoms with van der Waals surface area (Å²) in [5.74, 6) is -0.932. The second kappa shape index (κ2) is 13.5. The predicted octanol–water partition coefficient (Wildman–Crippen LogP) is 6.63. The van der Waals surface area contributed by atoms with Crippen LogP contribution in [0.25, 0.3) is 0 Å². The lowest BCUT2D eigenvalue weighted by molar-refractivity contribution is -0.139. The van der Waals surface area contributed by atoms with Crippen molar-refractivity contribution in [1.29, 1.82) is 0 Å². The van der Waals surface area contributed by atoms with Crippen molar-refractivity contribution in [2.24, 2.45) is 0 Å². The number of carbonyl (C=O) groups excluding carboxylic acids is 2. The molecule has 0 aliphatic heterocycles. The molecule has 0 saturated heterocycles. The average Bonchev–Trinajstić information content (AvgIpc) is 3.46. The molecule has 4 rings (SSSR count). The van der Waals surface area contributed by atoms with Crippen LogP contribution in [0.3, 0.4) is 0 Å². The number of nitrogens with one attached hydrogen (secondary N) is 1. The average molecular weight is 637 g/mol. The van der Waals surface area contributed by atoms with Gasteiger partial charge in [-0.2, -0.15) is 0 Å². The van der Waals surface area contributed by atoms with E-state index in [4.69, 9.17) is 34.8 Å². The summed E-state index contributed by atoms with van der Waals surface area (Å²) >= 11 is 19.3. The summed E-state index contributed by atoms with van der Waals surface area (Å²) < 4.78 is 28.9. The zero-order chi connectivity index (χ0) is 29.7.